The number of methoxy groups -OCH3 is 1. The smallest absolute Gasteiger partial charge is 0.132 e. The highest BCUT2D eigenvalue weighted by Crippen LogP contribution is 2.32. The molecule has 1 atom stereocenters. The van der Waals surface area contributed by atoms with Gasteiger partial charge in [-0.1, -0.05) is 6.07 Å². The number of rotatable bonds is 3. The standard InChI is InChI=1S/C15H14F3NO/c1-8-6-9(12(18)7-11(8)17)15(19)14-10(16)4-3-5-13(14)20-2/h3-7,15H,19H2,1-2H3. The minimum Gasteiger partial charge on any atom is -0.496 e. The van der Waals surface area contributed by atoms with E-state index in [4.69, 9.17) is 10.5 Å². The maximum atomic E-state index is 13.9. The zero-order valence-electron chi connectivity index (χ0n) is 11.1. The average Bonchev–Trinajstić information content (AvgIpc) is 2.41. The van der Waals surface area contributed by atoms with Gasteiger partial charge in [0.25, 0.3) is 0 Å². The quantitative estimate of drug-likeness (QED) is 0.935. The monoisotopic (exact) mass is 281 g/mol. The number of hydrogen-bond donors (Lipinski definition) is 1. The molecular formula is C15H14F3NO. The Bertz CT molecular complexity index is 643. The average molecular weight is 281 g/mol. The van der Waals surface area contributed by atoms with Crippen LogP contribution >= 0.6 is 0 Å². The summed E-state index contributed by atoms with van der Waals surface area (Å²) < 4.78 is 46.1. The number of hydrogen-bond acceptors (Lipinski definition) is 2. The van der Waals surface area contributed by atoms with Gasteiger partial charge in [-0.3, -0.25) is 0 Å². The lowest BCUT2D eigenvalue weighted by molar-refractivity contribution is 0.401. The summed E-state index contributed by atoms with van der Waals surface area (Å²) in [5.74, 6) is -1.86. The Labute approximate surface area is 115 Å². The molecule has 0 heterocycles. The lowest BCUT2D eigenvalue weighted by Crippen LogP contribution is -2.17. The molecule has 0 bridgehead atoms. The summed E-state index contributed by atoms with van der Waals surface area (Å²) in [5, 5.41) is 0. The van der Waals surface area contributed by atoms with Gasteiger partial charge in [-0.2, -0.15) is 0 Å². The Morgan fingerprint density at radius 1 is 1.05 bits per heavy atom. The third-order valence-corrected chi connectivity index (χ3v) is 3.16. The number of nitrogens with two attached hydrogens (primary N) is 1. The second-order valence-corrected chi connectivity index (χ2v) is 4.46. The fourth-order valence-corrected chi connectivity index (χ4v) is 2.07. The Morgan fingerprint density at radius 2 is 1.75 bits per heavy atom. The van der Waals surface area contributed by atoms with Gasteiger partial charge in [0.05, 0.1) is 18.7 Å². The first-order valence-electron chi connectivity index (χ1n) is 5.99. The number of halogens is 3. The SMILES string of the molecule is COc1cccc(F)c1C(N)c1cc(C)c(F)cc1F. The topological polar surface area (TPSA) is 35.2 Å². The van der Waals surface area contributed by atoms with Crippen LogP contribution in [0.1, 0.15) is 22.7 Å². The predicted octanol–water partition coefficient (Wildman–Crippen LogP) is 3.47. The van der Waals surface area contributed by atoms with Crippen LogP contribution in [0.15, 0.2) is 30.3 Å². The van der Waals surface area contributed by atoms with Gasteiger partial charge >= 0.3 is 0 Å². The molecule has 2 N–H and O–H groups in total. The summed E-state index contributed by atoms with van der Waals surface area (Å²) in [6.07, 6.45) is 0. The summed E-state index contributed by atoms with van der Waals surface area (Å²) in [6.45, 7) is 1.49. The second kappa shape index (κ2) is 5.54. The highest BCUT2D eigenvalue weighted by atomic mass is 19.1. The summed E-state index contributed by atoms with van der Waals surface area (Å²) in [6, 6.07) is 5.17. The highest BCUT2D eigenvalue weighted by molar-refractivity contribution is 5.43. The molecule has 5 heteroatoms. The van der Waals surface area contributed by atoms with E-state index in [0.29, 0.717) is 0 Å². The van der Waals surface area contributed by atoms with Gasteiger partial charge in [-0.15, -0.1) is 0 Å². The number of aryl methyl sites for hydroxylation is 1. The van der Waals surface area contributed by atoms with Crippen LogP contribution in [-0.4, -0.2) is 7.11 Å². The molecule has 20 heavy (non-hydrogen) atoms. The molecule has 2 rings (SSSR count). The van der Waals surface area contributed by atoms with E-state index in [-0.39, 0.29) is 22.4 Å². The fraction of sp³-hybridized carbons (Fsp3) is 0.200. The van der Waals surface area contributed by atoms with Crippen LogP contribution in [0.2, 0.25) is 0 Å². The van der Waals surface area contributed by atoms with Gasteiger partial charge in [-0.05, 0) is 30.7 Å². The van der Waals surface area contributed by atoms with Crippen molar-refractivity contribution in [1.82, 2.24) is 0 Å². The Morgan fingerprint density at radius 3 is 2.40 bits per heavy atom. The molecule has 0 spiro atoms. The van der Waals surface area contributed by atoms with E-state index in [1.54, 1.807) is 0 Å². The molecule has 106 valence electrons. The molecule has 0 amide bonds. The van der Waals surface area contributed by atoms with Crippen molar-refractivity contribution in [2.45, 2.75) is 13.0 Å². The molecule has 0 radical (unpaired) electrons. The first-order chi connectivity index (χ1) is 9.45. The fourth-order valence-electron chi connectivity index (χ4n) is 2.07. The second-order valence-electron chi connectivity index (χ2n) is 4.46. The molecule has 2 aromatic rings. The predicted molar refractivity (Wildman–Crippen MR) is 70.1 cm³/mol. The van der Waals surface area contributed by atoms with Crippen molar-refractivity contribution < 1.29 is 17.9 Å². The molecule has 2 nitrogen and oxygen atoms in total. The van der Waals surface area contributed by atoms with Crippen LogP contribution in [-0.2, 0) is 0 Å². The van der Waals surface area contributed by atoms with Gasteiger partial charge in [-0.25, -0.2) is 13.2 Å². The molecule has 0 aliphatic carbocycles. The summed E-state index contributed by atoms with van der Waals surface area (Å²) in [4.78, 5) is 0. The van der Waals surface area contributed by atoms with Crippen LogP contribution in [0.4, 0.5) is 13.2 Å². The van der Waals surface area contributed by atoms with E-state index in [1.807, 2.05) is 0 Å². The lowest BCUT2D eigenvalue weighted by Gasteiger charge is -2.18. The molecule has 0 fully saturated rings. The van der Waals surface area contributed by atoms with E-state index in [0.717, 1.165) is 6.07 Å². The lowest BCUT2D eigenvalue weighted by atomic mass is 9.96. The van der Waals surface area contributed by atoms with E-state index in [2.05, 4.69) is 0 Å². The van der Waals surface area contributed by atoms with Crippen LogP contribution < -0.4 is 10.5 Å². The first-order valence-corrected chi connectivity index (χ1v) is 5.99. The number of benzene rings is 2. The molecule has 0 aliphatic rings. The Hall–Kier alpha value is -2.01. The van der Waals surface area contributed by atoms with Crippen molar-refractivity contribution >= 4 is 0 Å². The van der Waals surface area contributed by atoms with Crippen molar-refractivity contribution in [2.75, 3.05) is 7.11 Å². The molecular weight excluding hydrogens is 267 g/mol. The molecule has 0 saturated carbocycles. The van der Waals surface area contributed by atoms with Crippen molar-refractivity contribution in [3.63, 3.8) is 0 Å². The molecule has 0 saturated heterocycles. The molecule has 1 unspecified atom stereocenters. The zero-order valence-corrected chi connectivity index (χ0v) is 11.1. The summed E-state index contributed by atoms with van der Waals surface area (Å²) >= 11 is 0. The summed E-state index contributed by atoms with van der Waals surface area (Å²) in [7, 11) is 1.37. The van der Waals surface area contributed by atoms with E-state index < -0.39 is 23.5 Å². The first kappa shape index (κ1) is 14.4. The van der Waals surface area contributed by atoms with Gasteiger partial charge in [0.1, 0.15) is 23.2 Å². The Kier molecular flexibility index (Phi) is 3.99. The normalized spacial score (nSPS) is 12.3. The summed E-state index contributed by atoms with van der Waals surface area (Å²) in [5.41, 5.74) is 6.24. The van der Waals surface area contributed by atoms with Crippen LogP contribution in [0.25, 0.3) is 0 Å². The molecule has 2 aromatic carbocycles. The van der Waals surface area contributed by atoms with Crippen molar-refractivity contribution in [3.8, 4) is 5.75 Å². The highest BCUT2D eigenvalue weighted by Gasteiger charge is 2.22. The van der Waals surface area contributed by atoms with Crippen LogP contribution in [0.3, 0.4) is 0 Å². The van der Waals surface area contributed by atoms with Gasteiger partial charge in [0.2, 0.25) is 0 Å². The van der Waals surface area contributed by atoms with Crippen LogP contribution in [0, 0.1) is 24.4 Å². The maximum absolute atomic E-state index is 13.9. The third kappa shape index (κ3) is 2.49. The van der Waals surface area contributed by atoms with E-state index in [9.17, 15) is 13.2 Å². The van der Waals surface area contributed by atoms with Crippen molar-refractivity contribution in [1.29, 1.82) is 0 Å². The zero-order chi connectivity index (χ0) is 14.9. The third-order valence-electron chi connectivity index (χ3n) is 3.16. The van der Waals surface area contributed by atoms with Crippen LogP contribution in [0.5, 0.6) is 5.75 Å². The molecule has 0 aliphatic heterocycles. The Balaban J connectivity index is 2.57. The van der Waals surface area contributed by atoms with E-state index >= 15 is 0 Å². The van der Waals surface area contributed by atoms with Crippen molar-refractivity contribution in [2.24, 2.45) is 5.73 Å². The van der Waals surface area contributed by atoms with Gasteiger partial charge < -0.3 is 10.5 Å². The minimum atomic E-state index is -1.08. The largest absolute Gasteiger partial charge is 0.496 e. The van der Waals surface area contributed by atoms with Gasteiger partial charge in [0, 0.05) is 11.6 Å². The van der Waals surface area contributed by atoms with Gasteiger partial charge in [0.15, 0.2) is 0 Å². The van der Waals surface area contributed by atoms with E-state index in [1.165, 1.54) is 38.3 Å². The molecule has 0 aromatic heterocycles. The van der Waals surface area contributed by atoms with Crippen molar-refractivity contribution in [3.05, 3.63) is 64.5 Å². The minimum absolute atomic E-state index is 0.0206. The number of ether oxygens (including phenoxy) is 1. The maximum Gasteiger partial charge on any atom is 0.132 e.